The highest BCUT2D eigenvalue weighted by atomic mass is 15.2. The number of nitrogens with zero attached hydrogens (tertiary/aromatic N) is 6. The van der Waals surface area contributed by atoms with E-state index in [0.717, 1.165) is 82.5 Å². The lowest BCUT2D eigenvalue weighted by Crippen LogP contribution is -2.07. The molecule has 0 aliphatic rings. The third-order valence-corrected chi connectivity index (χ3v) is 14.3. The molecule has 11 aromatic carbocycles. The summed E-state index contributed by atoms with van der Waals surface area (Å²) in [6, 6.07) is 82.6. The molecule has 0 bridgehead atoms. The molecule has 0 fully saturated rings. The summed E-state index contributed by atoms with van der Waals surface area (Å²) < 4.78 is 7.15. The standard InChI is InChI=1S/C63H38N6/c1-3-19-39(20-4-1)61-64-62(51-31-18-35-55-58(51)50-29-13-16-34-54(50)67(55)40-21-5-2-6-22-40)66-63(65-61)69-53-33-15-12-27-45(53)49-38-37-48-44-26-11-14-32-52(44)68(59(48)60(49)69)56-36-17-30-47-43-24-8-7-23-41(43)42-25-9-10-28-46(42)57(47)56/h1-38H. The minimum Gasteiger partial charge on any atom is -0.309 e. The van der Waals surface area contributed by atoms with Gasteiger partial charge in [-0.1, -0.05) is 188 Å². The van der Waals surface area contributed by atoms with Crippen LogP contribution >= 0.6 is 0 Å². The van der Waals surface area contributed by atoms with Gasteiger partial charge in [0.05, 0.1) is 38.8 Å². The van der Waals surface area contributed by atoms with E-state index in [0.29, 0.717) is 17.6 Å². The maximum Gasteiger partial charge on any atom is 0.238 e. The Balaban J connectivity index is 1.10. The van der Waals surface area contributed by atoms with Gasteiger partial charge in [-0.25, -0.2) is 4.98 Å². The van der Waals surface area contributed by atoms with Gasteiger partial charge >= 0.3 is 0 Å². The van der Waals surface area contributed by atoms with Crippen LogP contribution in [0.4, 0.5) is 0 Å². The van der Waals surface area contributed by atoms with Crippen LogP contribution in [-0.2, 0) is 0 Å². The van der Waals surface area contributed by atoms with Crippen molar-refractivity contribution in [3.8, 4) is 40.1 Å². The molecule has 15 aromatic rings. The van der Waals surface area contributed by atoms with E-state index in [-0.39, 0.29) is 0 Å². The van der Waals surface area contributed by atoms with Gasteiger partial charge < -0.3 is 9.13 Å². The third kappa shape index (κ3) is 5.39. The lowest BCUT2D eigenvalue weighted by atomic mass is 9.93. The van der Waals surface area contributed by atoms with Gasteiger partial charge in [0.2, 0.25) is 5.95 Å². The van der Waals surface area contributed by atoms with E-state index in [9.17, 15) is 0 Å². The molecule has 0 saturated heterocycles. The molecule has 4 heterocycles. The zero-order chi connectivity index (χ0) is 45.2. The molecule has 0 N–H and O–H groups in total. The van der Waals surface area contributed by atoms with Crippen LogP contribution in [-0.4, -0.2) is 28.7 Å². The second-order valence-electron chi connectivity index (χ2n) is 17.9. The maximum absolute atomic E-state index is 5.62. The fourth-order valence-electron chi connectivity index (χ4n) is 11.4. The normalized spacial score (nSPS) is 12.1. The highest BCUT2D eigenvalue weighted by Crippen LogP contribution is 2.45. The zero-order valence-electron chi connectivity index (χ0n) is 37.1. The molecule has 0 aliphatic carbocycles. The van der Waals surface area contributed by atoms with Crippen LogP contribution in [0, 0.1) is 0 Å². The lowest BCUT2D eigenvalue weighted by Gasteiger charge is -2.17. The fraction of sp³-hybridized carbons (Fsp3) is 0. The Bertz CT molecular complexity index is 4550. The SMILES string of the molecule is c1ccc(-c2nc(-c3cccc4c3c3ccccc3n4-c3ccccc3)nc(-n3c4ccccc4c4ccc5c6ccccc6n(-c6cccc7c8ccccc8c8ccccc8c67)c5c43)n2)cc1. The van der Waals surface area contributed by atoms with E-state index in [1.54, 1.807) is 0 Å². The highest BCUT2D eigenvalue weighted by molar-refractivity contribution is 6.29. The minimum atomic E-state index is 0.549. The predicted octanol–water partition coefficient (Wildman–Crippen LogP) is 16.0. The molecular formula is C63H38N6. The summed E-state index contributed by atoms with van der Waals surface area (Å²) in [5.74, 6) is 1.75. The summed E-state index contributed by atoms with van der Waals surface area (Å²) in [4.78, 5) is 16.5. The number of rotatable bonds is 5. The molecule has 0 spiro atoms. The molecule has 320 valence electrons. The van der Waals surface area contributed by atoms with Crippen molar-refractivity contribution < 1.29 is 0 Å². The number of hydrogen-bond acceptors (Lipinski definition) is 3. The van der Waals surface area contributed by atoms with E-state index < -0.39 is 0 Å². The summed E-state index contributed by atoms with van der Waals surface area (Å²) in [5, 5.41) is 14.2. The second kappa shape index (κ2) is 14.6. The molecule has 6 nitrogen and oxygen atoms in total. The number of hydrogen-bond donors (Lipinski definition) is 0. The fourth-order valence-corrected chi connectivity index (χ4v) is 11.4. The Labute approximate surface area is 395 Å². The Morgan fingerprint density at radius 1 is 0.261 bits per heavy atom. The van der Waals surface area contributed by atoms with Crippen molar-refractivity contribution in [2.45, 2.75) is 0 Å². The molecule has 0 amide bonds. The monoisotopic (exact) mass is 878 g/mol. The van der Waals surface area contributed by atoms with E-state index >= 15 is 0 Å². The number of fused-ring (bicyclic) bond motifs is 16. The van der Waals surface area contributed by atoms with Crippen LogP contribution in [0.25, 0.3) is 138 Å². The summed E-state index contributed by atoms with van der Waals surface area (Å²) in [6.07, 6.45) is 0. The van der Waals surface area contributed by atoms with Crippen molar-refractivity contribution in [1.29, 1.82) is 0 Å². The van der Waals surface area contributed by atoms with E-state index in [4.69, 9.17) is 15.0 Å². The average molecular weight is 879 g/mol. The van der Waals surface area contributed by atoms with Crippen LogP contribution in [0.2, 0.25) is 0 Å². The molecule has 0 aliphatic heterocycles. The summed E-state index contributed by atoms with van der Waals surface area (Å²) in [6.45, 7) is 0. The van der Waals surface area contributed by atoms with Gasteiger partial charge in [0.15, 0.2) is 11.6 Å². The van der Waals surface area contributed by atoms with Crippen molar-refractivity contribution in [2.75, 3.05) is 0 Å². The molecule has 0 saturated carbocycles. The number of para-hydroxylation sites is 4. The van der Waals surface area contributed by atoms with Crippen molar-refractivity contribution >= 4 is 97.7 Å². The first kappa shape index (κ1) is 37.8. The lowest BCUT2D eigenvalue weighted by molar-refractivity contribution is 0.954. The molecule has 15 rings (SSSR count). The first-order valence-corrected chi connectivity index (χ1v) is 23.5. The summed E-state index contributed by atoms with van der Waals surface area (Å²) >= 11 is 0. The van der Waals surface area contributed by atoms with E-state index in [1.807, 2.05) is 18.2 Å². The number of aromatic nitrogens is 6. The molecule has 4 aromatic heterocycles. The van der Waals surface area contributed by atoms with Crippen LogP contribution in [0.1, 0.15) is 0 Å². The largest absolute Gasteiger partial charge is 0.309 e. The van der Waals surface area contributed by atoms with Gasteiger partial charge in [0.1, 0.15) is 0 Å². The van der Waals surface area contributed by atoms with Crippen LogP contribution in [0.15, 0.2) is 231 Å². The van der Waals surface area contributed by atoms with Gasteiger partial charge in [-0.15, -0.1) is 0 Å². The van der Waals surface area contributed by atoms with Gasteiger partial charge in [-0.3, -0.25) is 4.57 Å². The molecular weight excluding hydrogens is 841 g/mol. The van der Waals surface area contributed by atoms with Gasteiger partial charge in [-0.05, 0) is 69.4 Å². The van der Waals surface area contributed by atoms with Crippen molar-refractivity contribution in [2.24, 2.45) is 0 Å². The quantitative estimate of drug-likeness (QED) is 0.162. The van der Waals surface area contributed by atoms with Crippen molar-refractivity contribution in [3.63, 3.8) is 0 Å². The first-order valence-electron chi connectivity index (χ1n) is 23.5. The molecule has 69 heavy (non-hydrogen) atoms. The van der Waals surface area contributed by atoms with Crippen molar-refractivity contribution in [3.05, 3.63) is 231 Å². The Hall–Kier alpha value is -9.39. The second-order valence-corrected chi connectivity index (χ2v) is 17.9. The molecule has 0 unspecified atom stereocenters. The predicted molar refractivity (Wildman–Crippen MR) is 286 cm³/mol. The average Bonchev–Trinajstić information content (AvgIpc) is 4.07. The number of benzene rings is 11. The third-order valence-electron chi connectivity index (χ3n) is 14.3. The van der Waals surface area contributed by atoms with E-state index in [2.05, 4.69) is 226 Å². The van der Waals surface area contributed by atoms with Gasteiger partial charge in [0, 0.05) is 54.5 Å². The minimum absolute atomic E-state index is 0.549. The topological polar surface area (TPSA) is 53.5 Å². The Kier molecular flexibility index (Phi) is 7.97. The molecule has 0 atom stereocenters. The Morgan fingerprint density at radius 3 is 1.39 bits per heavy atom. The molecule has 6 heteroatoms. The van der Waals surface area contributed by atoms with Crippen LogP contribution < -0.4 is 0 Å². The van der Waals surface area contributed by atoms with Gasteiger partial charge in [-0.2, -0.15) is 9.97 Å². The van der Waals surface area contributed by atoms with Crippen LogP contribution in [0.5, 0.6) is 0 Å². The maximum atomic E-state index is 5.62. The van der Waals surface area contributed by atoms with Crippen LogP contribution in [0.3, 0.4) is 0 Å². The Morgan fingerprint density at radius 2 is 0.725 bits per heavy atom. The summed E-state index contributed by atoms with van der Waals surface area (Å²) in [7, 11) is 0. The highest BCUT2D eigenvalue weighted by Gasteiger charge is 2.26. The summed E-state index contributed by atoms with van der Waals surface area (Å²) in [5.41, 5.74) is 10.5. The van der Waals surface area contributed by atoms with Crippen molar-refractivity contribution in [1.82, 2.24) is 28.7 Å². The zero-order valence-corrected chi connectivity index (χ0v) is 37.1. The van der Waals surface area contributed by atoms with E-state index in [1.165, 1.54) is 37.7 Å². The van der Waals surface area contributed by atoms with Gasteiger partial charge in [0.25, 0.3) is 0 Å². The molecule has 0 radical (unpaired) electrons. The smallest absolute Gasteiger partial charge is 0.238 e. The first-order chi connectivity index (χ1) is 34.3.